The number of carbonyl (C=O) groups is 3. The van der Waals surface area contributed by atoms with E-state index in [2.05, 4.69) is 15.5 Å². The first-order chi connectivity index (χ1) is 15.5. The molecule has 2 atom stereocenters. The molecule has 1 aliphatic heterocycles. The maximum atomic E-state index is 13.1. The number of piperazine rings is 1. The van der Waals surface area contributed by atoms with E-state index in [1.807, 2.05) is 67.7 Å². The second-order valence-corrected chi connectivity index (χ2v) is 8.26. The molecule has 0 bridgehead atoms. The van der Waals surface area contributed by atoms with Gasteiger partial charge in [-0.1, -0.05) is 60.7 Å². The number of benzene rings is 2. The van der Waals surface area contributed by atoms with Gasteiger partial charge in [0.1, 0.15) is 12.3 Å². The molecule has 3 amide bonds. The average molecular weight is 437 g/mol. The van der Waals surface area contributed by atoms with E-state index in [9.17, 15) is 14.4 Å². The molecule has 0 spiro atoms. The van der Waals surface area contributed by atoms with Gasteiger partial charge in [0.15, 0.2) is 0 Å². The summed E-state index contributed by atoms with van der Waals surface area (Å²) in [6, 6.07) is 17.8. The Hall–Kier alpha value is -3.19. The topological polar surface area (TPSA) is 81.8 Å². The molecule has 7 heteroatoms. The molecule has 0 saturated carbocycles. The van der Waals surface area contributed by atoms with Crippen LogP contribution in [0.15, 0.2) is 60.7 Å². The largest absolute Gasteiger partial charge is 0.345 e. The van der Waals surface area contributed by atoms with E-state index in [0.717, 1.165) is 30.5 Å². The van der Waals surface area contributed by atoms with Crippen molar-refractivity contribution in [2.75, 3.05) is 33.2 Å². The molecule has 0 aliphatic carbocycles. The van der Waals surface area contributed by atoms with Crippen molar-refractivity contribution < 1.29 is 14.4 Å². The number of nitrogens with one attached hydrogen (secondary N) is 2. The van der Waals surface area contributed by atoms with Crippen LogP contribution in [0.3, 0.4) is 0 Å². The van der Waals surface area contributed by atoms with Gasteiger partial charge in [-0.3, -0.25) is 4.79 Å². The van der Waals surface area contributed by atoms with Gasteiger partial charge in [-0.15, -0.1) is 0 Å². The zero-order valence-electron chi connectivity index (χ0n) is 18.6. The highest BCUT2D eigenvalue weighted by atomic mass is 16.2. The summed E-state index contributed by atoms with van der Waals surface area (Å²) in [6.07, 6.45) is 2.31. The third kappa shape index (κ3) is 7.20. The minimum atomic E-state index is -0.760. The molecule has 7 nitrogen and oxygen atoms in total. The SMILES string of the molecule is CN1CCN(C(=O)NC(Cc2ccccc2)C(=O)N[C@H](C=O)CCc2ccccc2)CC1. The van der Waals surface area contributed by atoms with Crippen LogP contribution in [0, 0.1) is 0 Å². The summed E-state index contributed by atoms with van der Waals surface area (Å²) in [5.41, 5.74) is 2.05. The Morgan fingerprint density at radius 2 is 1.50 bits per heavy atom. The molecular weight excluding hydrogens is 404 g/mol. The number of hydrogen-bond donors (Lipinski definition) is 2. The van der Waals surface area contributed by atoms with Gasteiger partial charge < -0.3 is 25.2 Å². The van der Waals surface area contributed by atoms with Crippen LogP contribution in [0.4, 0.5) is 4.79 Å². The maximum Gasteiger partial charge on any atom is 0.318 e. The van der Waals surface area contributed by atoms with Gasteiger partial charge in [0.2, 0.25) is 5.91 Å². The lowest BCUT2D eigenvalue weighted by Crippen LogP contribution is -2.57. The number of aryl methyl sites for hydroxylation is 1. The van der Waals surface area contributed by atoms with E-state index < -0.39 is 12.1 Å². The molecule has 1 saturated heterocycles. The first-order valence-electron chi connectivity index (χ1n) is 11.1. The molecule has 1 fully saturated rings. The van der Waals surface area contributed by atoms with Crippen LogP contribution in [0.25, 0.3) is 0 Å². The van der Waals surface area contributed by atoms with Crippen molar-refractivity contribution in [3.8, 4) is 0 Å². The number of likely N-dealkylation sites (N-methyl/N-ethyl adjacent to an activating group) is 1. The van der Waals surface area contributed by atoms with E-state index in [1.54, 1.807) is 4.90 Å². The fourth-order valence-electron chi connectivity index (χ4n) is 3.73. The van der Waals surface area contributed by atoms with Crippen molar-refractivity contribution in [1.82, 2.24) is 20.4 Å². The van der Waals surface area contributed by atoms with Crippen molar-refractivity contribution in [3.05, 3.63) is 71.8 Å². The van der Waals surface area contributed by atoms with Crippen molar-refractivity contribution in [2.45, 2.75) is 31.3 Å². The van der Waals surface area contributed by atoms with E-state index in [-0.39, 0.29) is 11.9 Å². The minimum Gasteiger partial charge on any atom is -0.345 e. The predicted molar refractivity (Wildman–Crippen MR) is 124 cm³/mol. The van der Waals surface area contributed by atoms with Crippen LogP contribution in [-0.2, 0) is 22.4 Å². The van der Waals surface area contributed by atoms with Crippen LogP contribution in [0.2, 0.25) is 0 Å². The van der Waals surface area contributed by atoms with Gasteiger partial charge >= 0.3 is 6.03 Å². The van der Waals surface area contributed by atoms with Crippen LogP contribution in [0.5, 0.6) is 0 Å². The molecule has 1 unspecified atom stereocenters. The molecule has 32 heavy (non-hydrogen) atoms. The summed E-state index contributed by atoms with van der Waals surface area (Å²) >= 11 is 0. The molecule has 2 aromatic rings. The molecule has 2 N–H and O–H groups in total. The van der Waals surface area contributed by atoms with Gasteiger partial charge in [0.25, 0.3) is 0 Å². The van der Waals surface area contributed by atoms with Crippen LogP contribution < -0.4 is 10.6 Å². The summed E-state index contributed by atoms with van der Waals surface area (Å²) in [6.45, 7) is 2.84. The number of rotatable bonds is 9. The van der Waals surface area contributed by atoms with Crippen LogP contribution in [-0.4, -0.2) is 73.3 Å². The number of amides is 3. The standard InChI is InChI=1S/C25H32N4O3/c1-28-14-16-29(17-15-28)25(32)27-23(18-21-10-6-3-7-11-21)24(31)26-22(19-30)13-12-20-8-4-2-5-9-20/h2-11,19,22-23H,12-18H2,1H3,(H,26,31)(H,27,32)/t22-,23?/m0/s1. The highest BCUT2D eigenvalue weighted by Crippen LogP contribution is 2.08. The molecule has 0 aromatic heterocycles. The summed E-state index contributed by atoms with van der Waals surface area (Å²) in [7, 11) is 2.02. The second-order valence-electron chi connectivity index (χ2n) is 8.26. The van der Waals surface area contributed by atoms with Gasteiger partial charge in [-0.2, -0.15) is 0 Å². The van der Waals surface area contributed by atoms with Crippen LogP contribution >= 0.6 is 0 Å². The second kappa shape index (κ2) is 12.0. The van der Waals surface area contributed by atoms with Gasteiger partial charge in [0.05, 0.1) is 6.04 Å². The summed E-state index contributed by atoms with van der Waals surface area (Å²) in [5, 5.41) is 5.72. The Bertz CT molecular complexity index is 867. The van der Waals surface area contributed by atoms with Gasteiger partial charge in [0, 0.05) is 32.6 Å². The molecule has 2 aromatic carbocycles. The Morgan fingerprint density at radius 1 is 0.906 bits per heavy atom. The van der Waals surface area contributed by atoms with Crippen molar-refractivity contribution in [1.29, 1.82) is 0 Å². The molecule has 3 rings (SSSR count). The molecule has 170 valence electrons. The van der Waals surface area contributed by atoms with Crippen LogP contribution in [0.1, 0.15) is 17.5 Å². The maximum absolute atomic E-state index is 13.1. The third-order valence-corrected chi connectivity index (χ3v) is 5.77. The number of nitrogens with zero attached hydrogens (tertiary/aromatic N) is 2. The lowest BCUT2D eigenvalue weighted by molar-refractivity contribution is -0.125. The van der Waals surface area contributed by atoms with Gasteiger partial charge in [-0.05, 0) is 31.0 Å². The predicted octanol–water partition coefficient (Wildman–Crippen LogP) is 1.87. The smallest absolute Gasteiger partial charge is 0.318 e. The van der Waals surface area contributed by atoms with Crippen molar-refractivity contribution in [2.24, 2.45) is 0 Å². The lowest BCUT2D eigenvalue weighted by atomic mass is 10.0. The fraction of sp³-hybridized carbons (Fsp3) is 0.400. The summed E-state index contributed by atoms with van der Waals surface area (Å²) in [5.74, 6) is -0.346. The minimum absolute atomic E-state index is 0.249. The molecular formula is C25H32N4O3. The highest BCUT2D eigenvalue weighted by molar-refractivity contribution is 5.89. The Labute approximate surface area is 189 Å². The van der Waals surface area contributed by atoms with E-state index >= 15 is 0 Å². The number of urea groups is 1. The lowest BCUT2D eigenvalue weighted by Gasteiger charge is -2.33. The Kier molecular flexibility index (Phi) is 8.80. The van der Waals surface area contributed by atoms with Gasteiger partial charge in [-0.25, -0.2) is 4.79 Å². The normalized spacial score (nSPS) is 16.1. The van der Waals surface area contributed by atoms with Crippen molar-refractivity contribution in [3.63, 3.8) is 0 Å². The summed E-state index contributed by atoms with van der Waals surface area (Å²) in [4.78, 5) is 41.4. The first-order valence-corrected chi connectivity index (χ1v) is 11.1. The first kappa shape index (κ1) is 23.5. The molecule has 0 radical (unpaired) electrons. The number of aldehydes is 1. The monoisotopic (exact) mass is 436 g/mol. The average Bonchev–Trinajstić information content (AvgIpc) is 2.83. The number of carbonyl (C=O) groups excluding carboxylic acids is 3. The molecule has 1 heterocycles. The zero-order valence-corrected chi connectivity index (χ0v) is 18.6. The quantitative estimate of drug-likeness (QED) is 0.588. The van der Waals surface area contributed by atoms with E-state index in [1.165, 1.54) is 0 Å². The summed E-state index contributed by atoms with van der Waals surface area (Å²) < 4.78 is 0. The van der Waals surface area contributed by atoms with E-state index in [4.69, 9.17) is 0 Å². The molecule has 1 aliphatic rings. The zero-order chi connectivity index (χ0) is 22.8. The Morgan fingerprint density at radius 3 is 2.09 bits per heavy atom. The Balaban J connectivity index is 1.63. The third-order valence-electron chi connectivity index (χ3n) is 5.77. The fourth-order valence-corrected chi connectivity index (χ4v) is 3.73. The van der Waals surface area contributed by atoms with E-state index in [0.29, 0.717) is 32.4 Å². The van der Waals surface area contributed by atoms with Crippen molar-refractivity contribution >= 4 is 18.2 Å². The number of hydrogen-bond acceptors (Lipinski definition) is 4. The highest BCUT2D eigenvalue weighted by Gasteiger charge is 2.27.